The molecular weight excluding hydrogens is 306 g/mol. The van der Waals surface area contributed by atoms with E-state index in [2.05, 4.69) is 5.32 Å². The predicted molar refractivity (Wildman–Crippen MR) is 93.4 cm³/mol. The molecule has 2 amide bonds. The van der Waals surface area contributed by atoms with E-state index in [0.717, 1.165) is 5.56 Å². The lowest BCUT2D eigenvalue weighted by molar-refractivity contribution is 0.0848. The zero-order chi connectivity index (χ0) is 17.0. The molecule has 0 aliphatic heterocycles. The lowest BCUT2D eigenvalue weighted by atomic mass is 10.1. The number of imide groups is 1. The van der Waals surface area contributed by atoms with E-state index in [4.69, 9.17) is 4.43 Å². The van der Waals surface area contributed by atoms with Crippen LogP contribution in [0.25, 0.3) is 0 Å². The van der Waals surface area contributed by atoms with E-state index in [1.165, 1.54) is 0 Å². The summed E-state index contributed by atoms with van der Waals surface area (Å²) >= 11 is 0. The van der Waals surface area contributed by atoms with Crippen LogP contribution in [0, 0.1) is 6.92 Å². The van der Waals surface area contributed by atoms with Gasteiger partial charge in [0.25, 0.3) is 11.8 Å². The van der Waals surface area contributed by atoms with Crippen LogP contribution in [-0.4, -0.2) is 20.1 Å². The quantitative estimate of drug-likeness (QED) is 0.687. The monoisotopic (exact) mass is 327 g/mol. The molecule has 2 rings (SSSR count). The maximum atomic E-state index is 12.4. The maximum Gasteiger partial charge on any atom is 0.261 e. The van der Waals surface area contributed by atoms with Crippen LogP contribution in [0.2, 0.25) is 19.6 Å². The van der Waals surface area contributed by atoms with Gasteiger partial charge in [-0.1, -0.05) is 30.3 Å². The van der Waals surface area contributed by atoms with E-state index in [-0.39, 0.29) is 0 Å². The number of para-hydroxylation sites is 1. The highest BCUT2D eigenvalue weighted by Gasteiger charge is 2.22. The molecule has 0 radical (unpaired) electrons. The van der Waals surface area contributed by atoms with Gasteiger partial charge in [-0.3, -0.25) is 14.9 Å². The van der Waals surface area contributed by atoms with Gasteiger partial charge in [0.2, 0.25) is 8.32 Å². The number of carbonyl (C=O) groups is 2. The molecule has 0 atom stereocenters. The van der Waals surface area contributed by atoms with E-state index in [1.54, 1.807) is 30.3 Å². The molecule has 0 saturated heterocycles. The molecule has 2 aromatic carbocycles. The number of hydrogen-bond acceptors (Lipinski definition) is 3. The van der Waals surface area contributed by atoms with Gasteiger partial charge in [-0.15, -0.1) is 0 Å². The molecule has 4 nitrogen and oxygen atoms in total. The first-order chi connectivity index (χ1) is 10.8. The Balaban J connectivity index is 2.22. The van der Waals surface area contributed by atoms with Gasteiger partial charge in [0.15, 0.2) is 0 Å². The summed E-state index contributed by atoms with van der Waals surface area (Å²) in [5.41, 5.74) is 1.69. The first kappa shape index (κ1) is 17.0. The summed E-state index contributed by atoms with van der Waals surface area (Å²) < 4.78 is 5.93. The number of amides is 2. The maximum absolute atomic E-state index is 12.4. The van der Waals surface area contributed by atoms with Gasteiger partial charge in [-0.25, -0.2) is 0 Å². The minimum Gasteiger partial charge on any atom is -0.544 e. The third kappa shape index (κ3) is 4.53. The number of carbonyl (C=O) groups excluding carboxylic acids is 2. The van der Waals surface area contributed by atoms with E-state index in [1.807, 2.05) is 44.8 Å². The average Bonchev–Trinajstić information content (AvgIpc) is 2.46. The Labute approximate surface area is 137 Å². The Bertz CT molecular complexity index is 735. The van der Waals surface area contributed by atoms with Crippen LogP contribution in [0.1, 0.15) is 26.3 Å². The van der Waals surface area contributed by atoms with Gasteiger partial charge >= 0.3 is 0 Å². The van der Waals surface area contributed by atoms with Gasteiger partial charge in [0.05, 0.1) is 5.56 Å². The topological polar surface area (TPSA) is 55.4 Å². The second kappa shape index (κ2) is 6.79. The van der Waals surface area contributed by atoms with Crippen molar-refractivity contribution < 1.29 is 14.0 Å². The lowest BCUT2D eigenvalue weighted by Crippen LogP contribution is -2.33. The second-order valence-corrected chi connectivity index (χ2v) is 10.7. The minimum atomic E-state index is -1.85. The summed E-state index contributed by atoms with van der Waals surface area (Å²) in [6.45, 7) is 7.96. The molecule has 23 heavy (non-hydrogen) atoms. The third-order valence-electron chi connectivity index (χ3n) is 3.16. The van der Waals surface area contributed by atoms with E-state index in [9.17, 15) is 9.59 Å². The van der Waals surface area contributed by atoms with Gasteiger partial charge in [-0.05, 0) is 50.3 Å². The molecule has 0 bridgehead atoms. The molecule has 0 aromatic heterocycles. The summed E-state index contributed by atoms with van der Waals surface area (Å²) in [7, 11) is -1.85. The van der Waals surface area contributed by atoms with Crippen LogP contribution in [0.15, 0.2) is 48.5 Å². The highest BCUT2D eigenvalue weighted by molar-refractivity contribution is 6.70. The number of aryl methyl sites for hydroxylation is 1. The van der Waals surface area contributed by atoms with Crippen molar-refractivity contribution in [3.05, 3.63) is 65.2 Å². The standard InChI is InChI=1S/C18H21NO3Si/c1-13-9-5-6-10-14(13)17(20)19-18(21)15-11-7-8-12-16(15)22-23(2,3)4/h5-12H,1-4H3,(H,19,20,21). The Morgan fingerprint density at radius 2 is 1.39 bits per heavy atom. The molecule has 0 heterocycles. The average molecular weight is 327 g/mol. The SMILES string of the molecule is Cc1ccccc1C(=O)NC(=O)c1ccccc1O[Si](C)(C)C. The zero-order valence-corrected chi connectivity index (χ0v) is 14.8. The molecule has 0 aliphatic carbocycles. The van der Waals surface area contributed by atoms with Crippen molar-refractivity contribution in [2.45, 2.75) is 26.6 Å². The van der Waals surface area contributed by atoms with E-state index >= 15 is 0 Å². The Hall–Kier alpha value is -2.40. The number of benzene rings is 2. The minimum absolute atomic E-state index is 0.372. The summed E-state index contributed by atoms with van der Waals surface area (Å²) in [4.78, 5) is 24.7. The summed E-state index contributed by atoms with van der Waals surface area (Å²) in [6, 6.07) is 14.1. The lowest BCUT2D eigenvalue weighted by Gasteiger charge is -2.21. The molecule has 120 valence electrons. The number of nitrogens with one attached hydrogen (secondary N) is 1. The predicted octanol–water partition coefficient (Wildman–Crippen LogP) is 3.78. The molecular formula is C18H21NO3Si. The molecule has 0 saturated carbocycles. The van der Waals surface area contributed by atoms with Crippen LogP contribution < -0.4 is 9.74 Å². The van der Waals surface area contributed by atoms with Crippen molar-refractivity contribution in [3.8, 4) is 5.75 Å². The Morgan fingerprint density at radius 3 is 2.00 bits per heavy atom. The Morgan fingerprint density at radius 1 is 0.870 bits per heavy atom. The van der Waals surface area contributed by atoms with Crippen LogP contribution in [-0.2, 0) is 0 Å². The van der Waals surface area contributed by atoms with Crippen LogP contribution in [0.5, 0.6) is 5.75 Å². The van der Waals surface area contributed by atoms with Crippen molar-refractivity contribution in [1.29, 1.82) is 0 Å². The fourth-order valence-corrected chi connectivity index (χ4v) is 2.98. The van der Waals surface area contributed by atoms with Crippen molar-refractivity contribution in [2.75, 3.05) is 0 Å². The van der Waals surface area contributed by atoms with Gasteiger partial charge in [0.1, 0.15) is 5.75 Å². The highest BCUT2D eigenvalue weighted by atomic mass is 28.4. The van der Waals surface area contributed by atoms with E-state index in [0.29, 0.717) is 16.9 Å². The number of hydrogen-bond donors (Lipinski definition) is 1. The van der Waals surface area contributed by atoms with Crippen molar-refractivity contribution >= 4 is 20.1 Å². The fourth-order valence-electron chi connectivity index (χ4n) is 2.14. The van der Waals surface area contributed by atoms with Crippen LogP contribution >= 0.6 is 0 Å². The van der Waals surface area contributed by atoms with Gasteiger partial charge < -0.3 is 4.43 Å². The normalized spacial score (nSPS) is 11.0. The molecule has 0 unspecified atom stereocenters. The van der Waals surface area contributed by atoms with E-state index < -0.39 is 20.1 Å². The molecule has 1 N–H and O–H groups in total. The second-order valence-electron chi connectivity index (χ2n) is 6.31. The smallest absolute Gasteiger partial charge is 0.261 e. The molecule has 0 fully saturated rings. The highest BCUT2D eigenvalue weighted by Crippen LogP contribution is 2.21. The third-order valence-corrected chi connectivity index (χ3v) is 4.00. The Kier molecular flexibility index (Phi) is 5.01. The first-order valence-electron chi connectivity index (χ1n) is 7.47. The van der Waals surface area contributed by atoms with Crippen molar-refractivity contribution in [2.24, 2.45) is 0 Å². The van der Waals surface area contributed by atoms with Gasteiger partial charge in [-0.2, -0.15) is 0 Å². The van der Waals surface area contributed by atoms with Crippen molar-refractivity contribution in [1.82, 2.24) is 5.32 Å². The van der Waals surface area contributed by atoms with Crippen LogP contribution in [0.3, 0.4) is 0 Å². The fraction of sp³-hybridized carbons (Fsp3) is 0.222. The molecule has 5 heteroatoms. The number of rotatable bonds is 4. The molecule has 0 aliphatic rings. The molecule has 0 spiro atoms. The molecule has 2 aromatic rings. The van der Waals surface area contributed by atoms with Crippen molar-refractivity contribution in [3.63, 3.8) is 0 Å². The summed E-state index contributed by atoms with van der Waals surface area (Å²) in [6.07, 6.45) is 0. The van der Waals surface area contributed by atoms with Crippen LogP contribution in [0.4, 0.5) is 0 Å². The zero-order valence-electron chi connectivity index (χ0n) is 13.8. The largest absolute Gasteiger partial charge is 0.544 e. The van der Waals surface area contributed by atoms with Gasteiger partial charge in [0, 0.05) is 5.56 Å². The first-order valence-corrected chi connectivity index (χ1v) is 10.9. The summed E-state index contributed by atoms with van der Waals surface area (Å²) in [5, 5.41) is 2.44. The summed E-state index contributed by atoms with van der Waals surface area (Å²) in [5.74, 6) is -0.343.